The maximum absolute atomic E-state index is 8.78. The Morgan fingerprint density at radius 3 is 3.00 bits per heavy atom. The first-order valence-corrected chi connectivity index (χ1v) is 6.57. The minimum absolute atomic E-state index is 0.162. The maximum atomic E-state index is 8.78. The van der Waals surface area contributed by atoms with Crippen LogP contribution < -0.4 is 10.2 Å². The van der Waals surface area contributed by atoms with E-state index in [1.807, 2.05) is 37.3 Å². The van der Waals surface area contributed by atoms with E-state index in [0.29, 0.717) is 19.5 Å². The zero-order chi connectivity index (χ0) is 14.4. The molecule has 0 fully saturated rings. The van der Waals surface area contributed by atoms with E-state index in [0.717, 1.165) is 17.2 Å². The van der Waals surface area contributed by atoms with E-state index in [9.17, 15) is 0 Å². The van der Waals surface area contributed by atoms with Gasteiger partial charge in [0, 0.05) is 33.4 Å². The van der Waals surface area contributed by atoms with Crippen LogP contribution in [0.3, 0.4) is 0 Å². The molecule has 20 heavy (non-hydrogen) atoms. The van der Waals surface area contributed by atoms with Crippen LogP contribution in [0.4, 0.5) is 11.5 Å². The number of aryl methyl sites for hydroxylation is 1. The van der Waals surface area contributed by atoms with Gasteiger partial charge in [0.25, 0.3) is 0 Å². The SMILES string of the molecule is CN(C)c1ncccc1NCc1cn(CCCO)nn1. The fourth-order valence-corrected chi connectivity index (χ4v) is 1.84. The van der Waals surface area contributed by atoms with Crippen molar-refractivity contribution in [3.63, 3.8) is 0 Å². The summed E-state index contributed by atoms with van der Waals surface area (Å²) in [6.45, 7) is 1.43. The Hall–Kier alpha value is -2.15. The Balaban J connectivity index is 1.96. The highest BCUT2D eigenvalue weighted by atomic mass is 16.3. The Kier molecular flexibility index (Phi) is 4.89. The van der Waals surface area contributed by atoms with E-state index in [4.69, 9.17) is 5.11 Å². The number of pyridine rings is 1. The van der Waals surface area contributed by atoms with Gasteiger partial charge in [0.2, 0.25) is 0 Å². The van der Waals surface area contributed by atoms with Crippen LogP contribution in [0, 0.1) is 0 Å². The zero-order valence-electron chi connectivity index (χ0n) is 11.8. The Labute approximate surface area is 118 Å². The van der Waals surface area contributed by atoms with Gasteiger partial charge in [-0.25, -0.2) is 4.98 Å². The van der Waals surface area contributed by atoms with Gasteiger partial charge in [0.05, 0.1) is 18.4 Å². The Morgan fingerprint density at radius 1 is 1.40 bits per heavy atom. The van der Waals surface area contributed by atoms with Crippen molar-refractivity contribution in [2.45, 2.75) is 19.5 Å². The molecule has 0 saturated heterocycles. The first kappa shape index (κ1) is 14.3. The number of nitrogens with one attached hydrogen (secondary N) is 1. The van der Waals surface area contributed by atoms with E-state index in [2.05, 4.69) is 20.6 Å². The van der Waals surface area contributed by atoms with E-state index in [1.165, 1.54) is 0 Å². The first-order valence-electron chi connectivity index (χ1n) is 6.57. The van der Waals surface area contributed by atoms with Crippen molar-refractivity contribution < 1.29 is 5.11 Å². The number of hydrogen-bond acceptors (Lipinski definition) is 6. The van der Waals surface area contributed by atoms with Crippen molar-refractivity contribution in [2.24, 2.45) is 0 Å². The normalized spacial score (nSPS) is 10.6. The summed E-state index contributed by atoms with van der Waals surface area (Å²) < 4.78 is 1.74. The van der Waals surface area contributed by atoms with Gasteiger partial charge in [-0.1, -0.05) is 5.21 Å². The summed E-state index contributed by atoms with van der Waals surface area (Å²) in [6, 6.07) is 3.88. The number of rotatable bonds is 7. The van der Waals surface area contributed by atoms with Crippen LogP contribution in [0.25, 0.3) is 0 Å². The number of anilines is 2. The van der Waals surface area contributed by atoms with Gasteiger partial charge in [-0.2, -0.15) is 0 Å². The van der Waals surface area contributed by atoms with Crippen LogP contribution in [0.1, 0.15) is 12.1 Å². The van der Waals surface area contributed by atoms with Crippen LogP contribution >= 0.6 is 0 Å². The summed E-state index contributed by atoms with van der Waals surface area (Å²) in [5, 5.41) is 20.2. The average Bonchev–Trinajstić information content (AvgIpc) is 2.91. The molecular weight excluding hydrogens is 256 g/mol. The number of hydrogen-bond donors (Lipinski definition) is 2. The maximum Gasteiger partial charge on any atom is 0.151 e. The minimum atomic E-state index is 0.162. The fourth-order valence-electron chi connectivity index (χ4n) is 1.84. The Morgan fingerprint density at radius 2 is 2.25 bits per heavy atom. The van der Waals surface area contributed by atoms with Crippen LogP contribution in [-0.4, -0.2) is 45.8 Å². The van der Waals surface area contributed by atoms with Crippen molar-refractivity contribution in [3.05, 3.63) is 30.2 Å². The fraction of sp³-hybridized carbons (Fsp3) is 0.462. The summed E-state index contributed by atoms with van der Waals surface area (Å²) in [5.74, 6) is 0.889. The van der Waals surface area contributed by atoms with Gasteiger partial charge in [-0.15, -0.1) is 5.10 Å². The van der Waals surface area contributed by atoms with E-state index in [-0.39, 0.29) is 6.61 Å². The largest absolute Gasteiger partial charge is 0.396 e. The molecule has 0 radical (unpaired) electrons. The lowest BCUT2D eigenvalue weighted by Gasteiger charge is -2.16. The van der Waals surface area contributed by atoms with Crippen LogP contribution in [0.15, 0.2) is 24.5 Å². The van der Waals surface area contributed by atoms with Crippen molar-refractivity contribution >= 4 is 11.5 Å². The number of aliphatic hydroxyl groups is 1. The molecule has 0 saturated carbocycles. The summed E-state index contributed by atoms with van der Waals surface area (Å²) in [5.41, 5.74) is 1.82. The van der Waals surface area contributed by atoms with Gasteiger partial charge in [0.1, 0.15) is 5.69 Å². The van der Waals surface area contributed by atoms with Crippen LogP contribution in [0.5, 0.6) is 0 Å². The molecule has 0 aliphatic heterocycles. The minimum Gasteiger partial charge on any atom is -0.396 e. The summed E-state index contributed by atoms with van der Waals surface area (Å²) >= 11 is 0. The monoisotopic (exact) mass is 276 g/mol. The zero-order valence-corrected chi connectivity index (χ0v) is 11.8. The van der Waals surface area contributed by atoms with Gasteiger partial charge in [-0.05, 0) is 18.6 Å². The van der Waals surface area contributed by atoms with E-state index in [1.54, 1.807) is 10.9 Å². The molecule has 7 heteroatoms. The van der Waals surface area contributed by atoms with Crippen molar-refractivity contribution in [3.8, 4) is 0 Å². The molecule has 2 N–H and O–H groups in total. The van der Waals surface area contributed by atoms with Crippen LogP contribution in [0.2, 0.25) is 0 Å². The molecule has 0 unspecified atom stereocenters. The second kappa shape index (κ2) is 6.85. The van der Waals surface area contributed by atoms with Crippen molar-refractivity contribution in [1.82, 2.24) is 20.0 Å². The van der Waals surface area contributed by atoms with E-state index >= 15 is 0 Å². The first-order chi connectivity index (χ1) is 9.70. The lowest BCUT2D eigenvalue weighted by Crippen LogP contribution is -2.13. The van der Waals surface area contributed by atoms with Gasteiger partial charge < -0.3 is 15.3 Å². The smallest absolute Gasteiger partial charge is 0.151 e. The molecule has 0 aromatic carbocycles. The highest BCUT2D eigenvalue weighted by Gasteiger charge is 2.06. The van der Waals surface area contributed by atoms with Crippen LogP contribution in [-0.2, 0) is 13.1 Å². The second-order valence-corrected chi connectivity index (χ2v) is 4.67. The summed E-state index contributed by atoms with van der Waals surface area (Å²) in [7, 11) is 3.91. The van der Waals surface area contributed by atoms with Crippen molar-refractivity contribution in [2.75, 3.05) is 30.9 Å². The predicted octanol–water partition coefficient (Wildman–Crippen LogP) is 0.734. The molecule has 2 rings (SSSR count). The molecule has 2 aromatic heterocycles. The lowest BCUT2D eigenvalue weighted by molar-refractivity contribution is 0.276. The molecule has 2 heterocycles. The summed E-state index contributed by atoms with van der Waals surface area (Å²) in [4.78, 5) is 6.29. The number of aliphatic hydroxyl groups excluding tert-OH is 1. The number of aromatic nitrogens is 4. The van der Waals surface area contributed by atoms with Gasteiger partial charge in [-0.3, -0.25) is 4.68 Å². The molecule has 0 amide bonds. The molecule has 0 bridgehead atoms. The lowest BCUT2D eigenvalue weighted by atomic mass is 10.3. The van der Waals surface area contributed by atoms with Gasteiger partial charge >= 0.3 is 0 Å². The van der Waals surface area contributed by atoms with Gasteiger partial charge in [0.15, 0.2) is 5.82 Å². The predicted molar refractivity (Wildman–Crippen MR) is 77.6 cm³/mol. The standard InChI is InChI=1S/C13H20N6O/c1-18(2)13-12(5-3-6-14-13)15-9-11-10-19(17-16-11)7-4-8-20/h3,5-6,10,15,20H,4,7-9H2,1-2H3. The number of nitrogens with zero attached hydrogens (tertiary/aromatic N) is 5. The molecule has 2 aromatic rings. The third-order valence-corrected chi connectivity index (χ3v) is 2.80. The molecular formula is C13H20N6O. The molecule has 108 valence electrons. The molecule has 0 atom stereocenters. The van der Waals surface area contributed by atoms with Crippen molar-refractivity contribution in [1.29, 1.82) is 0 Å². The van der Waals surface area contributed by atoms with E-state index < -0.39 is 0 Å². The topological polar surface area (TPSA) is 79.1 Å². The molecule has 0 aliphatic carbocycles. The molecule has 7 nitrogen and oxygen atoms in total. The second-order valence-electron chi connectivity index (χ2n) is 4.67. The quantitative estimate of drug-likeness (QED) is 0.776. The molecule has 0 aliphatic rings. The third kappa shape index (κ3) is 3.67. The highest BCUT2D eigenvalue weighted by Crippen LogP contribution is 2.20. The average molecular weight is 276 g/mol. The highest BCUT2D eigenvalue weighted by molar-refractivity contribution is 5.64. The Bertz CT molecular complexity index is 539. The molecule has 0 spiro atoms. The third-order valence-electron chi connectivity index (χ3n) is 2.80. The summed E-state index contributed by atoms with van der Waals surface area (Å²) in [6.07, 6.45) is 4.34.